The summed E-state index contributed by atoms with van der Waals surface area (Å²) in [4.78, 5) is 4.06. The van der Waals surface area contributed by atoms with E-state index >= 15 is 0 Å². The molecule has 9 heteroatoms. The molecule has 1 aromatic carbocycles. The minimum atomic E-state index is -3.84. The largest absolute Gasteiger partial charge is 0.264 e. The van der Waals surface area contributed by atoms with E-state index in [-0.39, 0.29) is 20.9 Å². The Labute approximate surface area is 133 Å². The Hall–Kier alpha value is -1.31. The van der Waals surface area contributed by atoms with Gasteiger partial charge in [-0.1, -0.05) is 30.1 Å². The fraction of sp³-hybridized carbons (Fsp3) is 0.333. The predicted octanol–water partition coefficient (Wildman–Crippen LogP) is 2.79. The van der Waals surface area contributed by atoms with Crippen LogP contribution in [0.3, 0.4) is 0 Å². The molecule has 1 aromatic heterocycles. The van der Waals surface area contributed by atoms with E-state index in [1.807, 2.05) is 6.92 Å². The Morgan fingerprint density at radius 1 is 1.29 bits per heavy atom. The average molecular weight is 349 g/mol. The maximum Gasteiger partial charge on any atom is 0.264 e. The molecule has 114 valence electrons. The van der Waals surface area contributed by atoms with Crippen LogP contribution in [0.2, 0.25) is 10.0 Å². The van der Waals surface area contributed by atoms with Crippen molar-refractivity contribution in [3.8, 4) is 0 Å². The molecule has 0 unspecified atom stereocenters. The molecule has 0 atom stereocenters. The summed E-state index contributed by atoms with van der Waals surface area (Å²) in [6, 6.07) is 2.68. The topological polar surface area (TPSA) is 76.9 Å². The fourth-order valence-corrected chi connectivity index (χ4v) is 3.33. The summed E-state index contributed by atoms with van der Waals surface area (Å²) in [5.74, 6) is 0.690. The van der Waals surface area contributed by atoms with Crippen molar-refractivity contribution in [3.63, 3.8) is 0 Å². The minimum Gasteiger partial charge on any atom is -0.251 e. The summed E-state index contributed by atoms with van der Waals surface area (Å²) >= 11 is 11.9. The van der Waals surface area contributed by atoms with E-state index in [2.05, 4.69) is 14.8 Å². The molecule has 0 aliphatic carbocycles. The van der Waals surface area contributed by atoms with E-state index in [9.17, 15) is 8.42 Å². The van der Waals surface area contributed by atoms with Crippen LogP contribution in [0, 0.1) is 6.92 Å². The van der Waals surface area contributed by atoms with Gasteiger partial charge in [-0.15, -0.1) is 5.10 Å². The molecule has 2 rings (SSSR count). The molecule has 0 saturated carbocycles. The number of anilines is 1. The monoisotopic (exact) mass is 348 g/mol. The van der Waals surface area contributed by atoms with Crippen LogP contribution in [0.1, 0.15) is 18.3 Å². The highest BCUT2D eigenvalue weighted by Crippen LogP contribution is 2.28. The first-order chi connectivity index (χ1) is 9.74. The highest BCUT2D eigenvalue weighted by molar-refractivity contribution is 7.92. The Morgan fingerprint density at radius 2 is 1.86 bits per heavy atom. The molecule has 1 heterocycles. The number of hydrogen-bond donors (Lipinski definition) is 1. The predicted molar refractivity (Wildman–Crippen MR) is 82.4 cm³/mol. The zero-order chi connectivity index (χ0) is 15.8. The maximum absolute atomic E-state index is 12.3. The van der Waals surface area contributed by atoms with Gasteiger partial charge >= 0.3 is 0 Å². The van der Waals surface area contributed by atoms with Gasteiger partial charge in [0.1, 0.15) is 5.82 Å². The number of halogens is 2. The van der Waals surface area contributed by atoms with Crippen molar-refractivity contribution in [1.82, 2.24) is 14.8 Å². The van der Waals surface area contributed by atoms with Crippen LogP contribution in [0.25, 0.3) is 0 Å². The lowest BCUT2D eigenvalue weighted by Crippen LogP contribution is -2.14. The van der Waals surface area contributed by atoms with Crippen LogP contribution in [0.15, 0.2) is 17.0 Å². The SMILES string of the molecule is CCc1nc(NS(=O)(=O)c2cc(Cl)c(C)c(Cl)c2)nn1C. The van der Waals surface area contributed by atoms with Crippen LogP contribution >= 0.6 is 23.2 Å². The number of nitrogens with zero attached hydrogens (tertiary/aromatic N) is 3. The van der Waals surface area contributed by atoms with Crippen LogP contribution in [-0.2, 0) is 23.5 Å². The zero-order valence-corrected chi connectivity index (χ0v) is 14.0. The van der Waals surface area contributed by atoms with Gasteiger partial charge in [0.15, 0.2) is 0 Å². The molecule has 1 N–H and O–H groups in total. The van der Waals surface area contributed by atoms with E-state index in [0.29, 0.717) is 17.8 Å². The second-order valence-corrected chi connectivity index (χ2v) is 6.94. The van der Waals surface area contributed by atoms with Crippen LogP contribution in [0.4, 0.5) is 5.95 Å². The van der Waals surface area contributed by atoms with Gasteiger partial charge in [0.25, 0.3) is 16.0 Å². The number of rotatable bonds is 4. The molecule has 0 aliphatic heterocycles. The smallest absolute Gasteiger partial charge is 0.251 e. The summed E-state index contributed by atoms with van der Waals surface area (Å²) in [5, 5.41) is 4.57. The Balaban J connectivity index is 2.38. The van der Waals surface area contributed by atoms with Crippen LogP contribution in [0.5, 0.6) is 0 Å². The standard InChI is InChI=1S/C12H14Cl2N4O2S/c1-4-11-15-12(16-18(11)3)17-21(19,20)8-5-9(13)7(2)10(14)6-8/h5-6H,4H2,1-3H3,(H,16,17). The highest BCUT2D eigenvalue weighted by Gasteiger charge is 2.19. The number of nitrogens with one attached hydrogen (secondary N) is 1. The normalized spacial score (nSPS) is 11.7. The van der Waals surface area contributed by atoms with E-state index in [1.54, 1.807) is 14.0 Å². The summed E-state index contributed by atoms with van der Waals surface area (Å²) in [6.07, 6.45) is 0.646. The molecule has 0 bridgehead atoms. The van der Waals surface area contributed by atoms with Crippen molar-refractivity contribution in [3.05, 3.63) is 33.6 Å². The van der Waals surface area contributed by atoms with Crippen molar-refractivity contribution in [1.29, 1.82) is 0 Å². The summed E-state index contributed by atoms with van der Waals surface area (Å²) in [5.41, 5.74) is 0.626. The first kappa shape index (κ1) is 16.1. The molecule has 21 heavy (non-hydrogen) atoms. The van der Waals surface area contributed by atoms with Crippen LogP contribution < -0.4 is 4.72 Å². The number of sulfonamides is 1. The summed E-state index contributed by atoms with van der Waals surface area (Å²) in [7, 11) is -2.15. The quantitative estimate of drug-likeness (QED) is 0.921. The fourth-order valence-electron chi connectivity index (χ4n) is 1.72. The van der Waals surface area contributed by atoms with Crippen molar-refractivity contribution in [2.24, 2.45) is 7.05 Å². The van der Waals surface area contributed by atoms with Crippen molar-refractivity contribution in [2.75, 3.05) is 4.72 Å². The first-order valence-corrected chi connectivity index (χ1v) is 8.37. The molecule has 0 saturated heterocycles. The maximum atomic E-state index is 12.3. The Morgan fingerprint density at radius 3 is 2.33 bits per heavy atom. The van der Waals surface area contributed by atoms with Gasteiger partial charge < -0.3 is 0 Å². The minimum absolute atomic E-state index is 0.0159. The molecule has 0 amide bonds. The molecular formula is C12H14Cl2N4O2S. The number of hydrogen-bond acceptors (Lipinski definition) is 4. The second-order valence-electron chi connectivity index (χ2n) is 4.45. The van der Waals surface area contributed by atoms with E-state index in [0.717, 1.165) is 0 Å². The lowest BCUT2D eigenvalue weighted by atomic mass is 10.2. The molecule has 2 aromatic rings. The van der Waals surface area contributed by atoms with E-state index in [1.165, 1.54) is 16.8 Å². The molecule has 0 spiro atoms. The number of benzene rings is 1. The van der Waals surface area contributed by atoms with Gasteiger partial charge in [0.05, 0.1) is 4.90 Å². The van der Waals surface area contributed by atoms with Gasteiger partial charge in [-0.3, -0.25) is 4.68 Å². The molecule has 0 radical (unpaired) electrons. The Kier molecular flexibility index (Phi) is 4.46. The average Bonchev–Trinajstić information content (AvgIpc) is 2.74. The molecule has 0 fully saturated rings. The summed E-state index contributed by atoms with van der Waals surface area (Å²) in [6.45, 7) is 3.62. The molecular weight excluding hydrogens is 335 g/mol. The number of aryl methyl sites for hydroxylation is 2. The van der Waals surface area contributed by atoms with Gasteiger partial charge in [-0.05, 0) is 24.6 Å². The van der Waals surface area contributed by atoms with Gasteiger partial charge in [-0.2, -0.15) is 4.98 Å². The second kappa shape index (κ2) is 5.82. The van der Waals surface area contributed by atoms with Gasteiger partial charge in [0.2, 0.25) is 0 Å². The molecule has 0 aliphatic rings. The third-order valence-corrected chi connectivity index (χ3v) is 5.05. The van der Waals surface area contributed by atoms with E-state index in [4.69, 9.17) is 23.2 Å². The highest BCUT2D eigenvalue weighted by atomic mass is 35.5. The van der Waals surface area contributed by atoms with Crippen molar-refractivity contribution >= 4 is 39.2 Å². The van der Waals surface area contributed by atoms with Gasteiger partial charge in [0, 0.05) is 23.5 Å². The Bertz CT molecular complexity index is 764. The lowest BCUT2D eigenvalue weighted by Gasteiger charge is -2.08. The van der Waals surface area contributed by atoms with Crippen molar-refractivity contribution < 1.29 is 8.42 Å². The lowest BCUT2D eigenvalue weighted by molar-refractivity contribution is 0.600. The van der Waals surface area contributed by atoms with Crippen molar-refractivity contribution in [2.45, 2.75) is 25.2 Å². The van der Waals surface area contributed by atoms with Crippen LogP contribution in [-0.4, -0.2) is 23.2 Å². The number of aromatic nitrogens is 3. The summed E-state index contributed by atoms with van der Waals surface area (Å²) < 4.78 is 28.5. The molecule has 6 nitrogen and oxygen atoms in total. The third-order valence-electron chi connectivity index (χ3n) is 2.96. The first-order valence-electron chi connectivity index (χ1n) is 6.13. The van der Waals surface area contributed by atoms with Gasteiger partial charge in [-0.25, -0.2) is 13.1 Å². The zero-order valence-electron chi connectivity index (χ0n) is 11.7. The van der Waals surface area contributed by atoms with E-state index < -0.39 is 10.0 Å². The third kappa shape index (κ3) is 3.30.